The lowest BCUT2D eigenvalue weighted by atomic mass is 10.2. The highest BCUT2D eigenvalue weighted by Crippen LogP contribution is 2.30. The molecule has 0 amide bonds. The highest BCUT2D eigenvalue weighted by molar-refractivity contribution is 7.99. The van der Waals surface area contributed by atoms with Crippen molar-refractivity contribution in [3.63, 3.8) is 0 Å². The van der Waals surface area contributed by atoms with Crippen molar-refractivity contribution in [2.45, 2.75) is 24.8 Å². The molecule has 2 aromatic rings. The summed E-state index contributed by atoms with van der Waals surface area (Å²) in [6, 6.07) is 6.62. The Morgan fingerprint density at radius 2 is 2.24 bits per heavy atom. The van der Waals surface area contributed by atoms with E-state index in [1.807, 2.05) is 38.1 Å². The second kappa shape index (κ2) is 6.78. The maximum Gasteiger partial charge on any atom is 0.120 e. The van der Waals surface area contributed by atoms with Crippen LogP contribution < -0.4 is 15.6 Å². The van der Waals surface area contributed by atoms with Crippen LogP contribution in [0, 0.1) is 6.92 Å². The number of pyridine rings is 1. The van der Waals surface area contributed by atoms with E-state index in [4.69, 9.17) is 10.5 Å². The lowest BCUT2D eigenvalue weighted by Gasteiger charge is -2.14. The minimum Gasteiger partial charge on any atom is -0.548 e. The Balaban J connectivity index is 2.35. The number of carboxylic acids is 1. The van der Waals surface area contributed by atoms with Crippen LogP contribution in [0.4, 0.5) is 0 Å². The van der Waals surface area contributed by atoms with Crippen LogP contribution in [0.15, 0.2) is 29.2 Å². The normalized spacial score (nSPS) is 12.3. The second-order valence-electron chi connectivity index (χ2n) is 4.61. The van der Waals surface area contributed by atoms with E-state index < -0.39 is 12.0 Å². The van der Waals surface area contributed by atoms with E-state index in [-0.39, 0.29) is 5.75 Å². The number of rotatable bonds is 6. The molecule has 6 heteroatoms. The van der Waals surface area contributed by atoms with E-state index in [0.29, 0.717) is 6.61 Å². The molecule has 0 bridgehead atoms. The molecule has 1 unspecified atom stereocenters. The number of benzene rings is 1. The Morgan fingerprint density at radius 3 is 2.90 bits per heavy atom. The molecule has 1 heterocycles. The number of carbonyl (C=O) groups excluding carboxylic acids is 1. The van der Waals surface area contributed by atoms with Gasteiger partial charge in [0.15, 0.2) is 0 Å². The zero-order valence-corrected chi connectivity index (χ0v) is 12.8. The average Bonchev–Trinajstić information content (AvgIpc) is 2.44. The van der Waals surface area contributed by atoms with Crippen molar-refractivity contribution in [3.8, 4) is 5.75 Å². The largest absolute Gasteiger partial charge is 0.548 e. The summed E-state index contributed by atoms with van der Waals surface area (Å²) in [5, 5.41) is 11.6. The van der Waals surface area contributed by atoms with Gasteiger partial charge in [0, 0.05) is 21.7 Å². The fourth-order valence-electron chi connectivity index (χ4n) is 1.92. The second-order valence-corrected chi connectivity index (χ2v) is 5.67. The molecule has 0 aliphatic heterocycles. The molecule has 0 saturated carbocycles. The lowest BCUT2D eigenvalue weighted by Crippen LogP contribution is -2.43. The van der Waals surface area contributed by atoms with Gasteiger partial charge in [-0.2, -0.15) is 0 Å². The number of hydrogen-bond donors (Lipinski definition) is 1. The molecule has 0 saturated heterocycles. The van der Waals surface area contributed by atoms with Gasteiger partial charge in [0.25, 0.3) is 0 Å². The van der Waals surface area contributed by atoms with E-state index in [1.54, 1.807) is 0 Å². The highest BCUT2D eigenvalue weighted by atomic mass is 32.2. The average molecular weight is 305 g/mol. The monoisotopic (exact) mass is 305 g/mol. The van der Waals surface area contributed by atoms with E-state index in [0.717, 1.165) is 27.2 Å². The quantitative estimate of drug-likeness (QED) is 0.804. The fraction of sp³-hybridized carbons (Fsp3) is 0.333. The number of aromatic nitrogens is 1. The number of thioether (sulfide) groups is 1. The van der Waals surface area contributed by atoms with Crippen molar-refractivity contribution in [3.05, 3.63) is 30.0 Å². The number of nitrogens with two attached hydrogens (primary N) is 1. The van der Waals surface area contributed by atoms with Gasteiger partial charge in [-0.15, -0.1) is 11.8 Å². The van der Waals surface area contributed by atoms with E-state index in [2.05, 4.69) is 4.98 Å². The first kappa shape index (κ1) is 15.6. The first-order valence-corrected chi connectivity index (χ1v) is 7.63. The zero-order chi connectivity index (χ0) is 15.4. The van der Waals surface area contributed by atoms with Crippen LogP contribution in [0.25, 0.3) is 10.9 Å². The number of nitrogens with zero attached hydrogens (tertiary/aromatic N) is 1. The maximum atomic E-state index is 10.7. The third kappa shape index (κ3) is 3.86. The number of carbonyl (C=O) groups is 1. The summed E-state index contributed by atoms with van der Waals surface area (Å²) in [6.07, 6.45) is 0. The predicted octanol–water partition coefficient (Wildman–Crippen LogP) is 1.11. The Labute approximate surface area is 127 Å². The number of hydrogen-bond acceptors (Lipinski definition) is 6. The zero-order valence-electron chi connectivity index (χ0n) is 12.0. The molecular formula is C15H17N2O3S-. The minimum atomic E-state index is -1.24. The van der Waals surface area contributed by atoms with Crippen molar-refractivity contribution in [2.24, 2.45) is 5.73 Å². The smallest absolute Gasteiger partial charge is 0.120 e. The van der Waals surface area contributed by atoms with E-state index >= 15 is 0 Å². The van der Waals surface area contributed by atoms with Gasteiger partial charge in [-0.25, -0.2) is 0 Å². The predicted molar refractivity (Wildman–Crippen MR) is 81.4 cm³/mol. The number of aliphatic carboxylic acids is 1. The van der Waals surface area contributed by atoms with Gasteiger partial charge in [-0.3, -0.25) is 4.98 Å². The van der Waals surface area contributed by atoms with E-state index in [9.17, 15) is 9.90 Å². The van der Waals surface area contributed by atoms with Crippen LogP contribution in [0.2, 0.25) is 0 Å². The summed E-state index contributed by atoms with van der Waals surface area (Å²) in [4.78, 5) is 16.1. The molecule has 0 aliphatic rings. The first-order valence-electron chi connectivity index (χ1n) is 6.64. The highest BCUT2D eigenvalue weighted by Gasteiger charge is 2.09. The van der Waals surface area contributed by atoms with Crippen molar-refractivity contribution in [1.82, 2.24) is 4.98 Å². The molecule has 21 heavy (non-hydrogen) atoms. The van der Waals surface area contributed by atoms with Gasteiger partial charge in [0.2, 0.25) is 0 Å². The molecule has 1 aromatic carbocycles. The van der Waals surface area contributed by atoms with Crippen LogP contribution in [0.3, 0.4) is 0 Å². The number of aryl methyl sites for hydroxylation is 1. The Morgan fingerprint density at radius 1 is 1.48 bits per heavy atom. The van der Waals surface area contributed by atoms with Crippen LogP contribution in [-0.2, 0) is 4.79 Å². The van der Waals surface area contributed by atoms with Crippen LogP contribution in [-0.4, -0.2) is 29.4 Å². The molecule has 0 aliphatic carbocycles. The molecule has 5 nitrogen and oxygen atoms in total. The summed E-state index contributed by atoms with van der Waals surface area (Å²) >= 11 is 1.39. The fourth-order valence-corrected chi connectivity index (χ4v) is 2.99. The Hall–Kier alpha value is -1.79. The van der Waals surface area contributed by atoms with Gasteiger partial charge in [0.05, 0.1) is 24.1 Å². The minimum absolute atomic E-state index is 0.250. The number of ether oxygens (including phenoxy) is 1. The topological polar surface area (TPSA) is 88.3 Å². The van der Waals surface area contributed by atoms with Crippen LogP contribution >= 0.6 is 11.8 Å². The van der Waals surface area contributed by atoms with Gasteiger partial charge in [-0.1, -0.05) is 0 Å². The summed E-state index contributed by atoms with van der Waals surface area (Å²) < 4.78 is 5.50. The van der Waals surface area contributed by atoms with Crippen LogP contribution in [0.1, 0.15) is 12.6 Å². The Bertz CT molecular complexity index is 661. The first-order chi connectivity index (χ1) is 10.0. The summed E-state index contributed by atoms with van der Waals surface area (Å²) in [5.41, 5.74) is 7.22. The number of carboxylic acid groups (broad SMARTS) is 1. The molecule has 1 atom stereocenters. The Kier molecular flexibility index (Phi) is 5.03. The van der Waals surface area contributed by atoms with Gasteiger partial charge in [0.1, 0.15) is 5.75 Å². The van der Waals surface area contributed by atoms with Gasteiger partial charge >= 0.3 is 0 Å². The summed E-state index contributed by atoms with van der Waals surface area (Å²) in [7, 11) is 0. The molecule has 0 spiro atoms. The molecule has 2 rings (SSSR count). The van der Waals surface area contributed by atoms with Crippen molar-refractivity contribution < 1.29 is 14.6 Å². The number of fused-ring (bicyclic) bond motifs is 1. The summed E-state index contributed by atoms with van der Waals surface area (Å²) in [6.45, 7) is 4.41. The van der Waals surface area contributed by atoms with Crippen LogP contribution in [0.5, 0.6) is 5.75 Å². The SMILES string of the molecule is CCOc1ccc2nc(C)cc(SCC(N)C(=O)[O-])c2c1. The molecule has 2 N–H and O–H groups in total. The molecule has 0 radical (unpaired) electrons. The van der Waals surface area contributed by atoms with Crippen molar-refractivity contribution in [1.29, 1.82) is 0 Å². The molecular weight excluding hydrogens is 288 g/mol. The van der Waals surface area contributed by atoms with Crippen molar-refractivity contribution in [2.75, 3.05) is 12.4 Å². The summed E-state index contributed by atoms with van der Waals surface area (Å²) in [5.74, 6) is -0.228. The molecule has 1 aromatic heterocycles. The van der Waals surface area contributed by atoms with Crippen molar-refractivity contribution >= 4 is 28.6 Å². The maximum absolute atomic E-state index is 10.7. The third-order valence-corrected chi connectivity index (χ3v) is 4.08. The molecule has 112 valence electrons. The standard InChI is InChI=1S/C15H18N2O3S/c1-3-20-10-4-5-13-11(7-10)14(6-9(2)17-13)21-8-12(16)15(18)19/h4-7,12H,3,8,16H2,1-2H3,(H,18,19)/p-1. The lowest BCUT2D eigenvalue weighted by molar-refractivity contribution is -0.306. The van der Waals surface area contributed by atoms with Gasteiger partial charge in [-0.05, 0) is 38.1 Å². The third-order valence-electron chi connectivity index (χ3n) is 2.90. The van der Waals surface area contributed by atoms with Gasteiger partial charge < -0.3 is 20.4 Å². The molecule has 0 fully saturated rings. The van der Waals surface area contributed by atoms with E-state index in [1.165, 1.54) is 11.8 Å².